The zero-order chi connectivity index (χ0) is 23.5. The second kappa shape index (κ2) is 9.33. The highest BCUT2D eigenvalue weighted by Crippen LogP contribution is 2.39. The topological polar surface area (TPSA) is 56.7 Å². The number of hydrogen-bond donors (Lipinski definition) is 1. The number of carbonyl (C=O) groups is 1. The molecule has 2 aromatic carbocycles. The monoisotopic (exact) mass is 441 g/mol. The maximum absolute atomic E-state index is 12.0. The third-order valence-electron chi connectivity index (χ3n) is 6.00. The predicted molar refractivity (Wildman–Crippen MR) is 134 cm³/mol. The molecule has 2 aromatic rings. The summed E-state index contributed by atoms with van der Waals surface area (Å²) in [5.74, 6) is 0.472. The van der Waals surface area contributed by atoms with E-state index in [0.29, 0.717) is 11.3 Å². The molecular weight excluding hydrogens is 412 g/mol. The number of nitrogens with zero attached hydrogens (tertiary/aromatic N) is 2. The minimum atomic E-state index is -0.948. The van der Waals surface area contributed by atoms with Crippen molar-refractivity contribution < 1.29 is 14.3 Å². The smallest absolute Gasteiger partial charge is 0.336 e. The van der Waals surface area contributed by atoms with Crippen molar-refractivity contribution in [3.05, 3.63) is 83.7 Å². The summed E-state index contributed by atoms with van der Waals surface area (Å²) in [6.45, 7) is 6.04. The molecule has 168 valence electrons. The third kappa shape index (κ3) is 4.40. The van der Waals surface area contributed by atoms with Crippen molar-refractivity contribution in [3.63, 3.8) is 0 Å². The van der Waals surface area contributed by atoms with Gasteiger partial charge in [0, 0.05) is 37.0 Å². The molecule has 1 N–H and O–H groups in total. The largest absolute Gasteiger partial charge is 0.478 e. The molecular formula is C28H29N2O3+. The summed E-state index contributed by atoms with van der Waals surface area (Å²) in [5.41, 5.74) is 4.70. The van der Waals surface area contributed by atoms with Gasteiger partial charge >= 0.3 is 5.97 Å². The van der Waals surface area contributed by atoms with E-state index in [1.54, 1.807) is 12.1 Å². The van der Waals surface area contributed by atoms with E-state index >= 15 is 0 Å². The molecule has 0 spiro atoms. The molecule has 5 heteroatoms. The van der Waals surface area contributed by atoms with E-state index in [4.69, 9.17) is 4.42 Å². The lowest BCUT2D eigenvalue weighted by Crippen LogP contribution is -2.29. The molecule has 0 saturated carbocycles. The Morgan fingerprint density at radius 3 is 2.18 bits per heavy atom. The average Bonchev–Trinajstić information content (AvgIpc) is 2.84. The fourth-order valence-electron chi connectivity index (χ4n) is 4.15. The Hall–Kier alpha value is -3.86. The van der Waals surface area contributed by atoms with E-state index in [2.05, 4.69) is 24.5 Å². The van der Waals surface area contributed by atoms with E-state index in [0.717, 1.165) is 46.6 Å². The van der Waals surface area contributed by atoms with Crippen LogP contribution in [0.1, 0.15) is 24.2 Å². The van der Waals surface area contributed by atoms with Crippen LogP contribution in [0.2, 0.25) is 0 Å². The number of benzene rings is 3. The molecule has 1 heterocycles. The molecule has 0 unspecified atom stereocenters. The summed E-state index contributed by atoms with van der Waals surface area (Å²) in [5, 5.41) is 10.9. The first-order valence-electron chi connectivity index (χ1n) is 11.2. The van der Waals surface area contributed by atoms with E-state index in [1.807, 2.05) is 73.6 Å². The van der Waals surface area contributed by atoms with Gasteiger partial charge in [-0.1, -0.05) is 18.2 Å². The molecule has 0 fully saturated rings. The van der Waals surface area contributed by atoms with Gasteiger partial charge in [-0.05, 0) is 67.4 Å². The van der Waals surface area contributed by atoms with Crippen LogP contribution in [-0.2, 0) is 0 Å². The van der Waals surface area contributed by atoms with E-state index in [-0.39, 0.29) is 5.56 Å². The van der Waals surface area contributed by atoms with Crippen LogP contribution < -0.4 is 14.8 Å². The highest BCUT2D eigenvalue weighted by atomic mass is 16.4. The van der Waals surface area contributed by atoms with Crippen molar-refractivity contribution in [2.24, 2.45) is 0 Å². The summed E-state index contributed by atoms with van der Waals surface area (Å²) in [6, 6.07) is 23.4. The molecule has 0 radical (unpaired) electrons. The summed E-state index contributed by atoms with van der Waals surface area (Å²) in [7, 11) is 4.01. The molecule has 1 aliphatic carbocycles. The first kappa shape index (κ1) is 22.3. The maximum Gasteiger partial charge on any atom is 0.336 e. The van der Waals surface area contributed by atoms with Gasteiger partial charge in [0.15, 0.2) is 0 Å². The molecule has 2 aliphatic rings. The Bertz CT molecular complexity index is 1330. The summed E-state index contributed by atoms with van der Waals surface area (Å²) >= 11 is 0. The van der Waals surface area contributed by atoms with E-state index < -0.39 is 5.97 Å². The van der Waals surface area contributed by atoms with Crippen LogP contribution in [0.4, 0.5) is 5.69 Å². The van der Waals surface area contributed by atoms with Gasteiger partial charge in [0.05, 0.1) is 11.6 Å². The minimum absolute atomic E-state index is 0.270. The zero-order valence-electron chi connectivity index (χ0n) is 19.5. The first-order valence-corrected chi connectivity index (χ1v) is 11.2. The van der Waals surface area contributed by atoms with Crippen LogP contribution in [0.15, 0.2) is 77.2 Å². The molecule has 1 aliphatic heterocycles. The fourth-order valence-corrected chi connectivity index (χ4v) is 4.15. The quantitative estimate of drug-likeness (QED) is 0.413. The molecule has 33 heavy (non-hydrogen) atoms. The first-order chi connectivity index (χ1) is 15.9. The van der Waals surface area contributed by atoms with Gasteiger partial charge in [-0.25, -0.2) is 9.37 Å². The van der Waals surface area contributed by atoms with Crippen LogP contribution in [0.5, 0.6) is 0 Å². The number of rotatable bonds is 6. The molecule has 4 rings (SSSR count). The summed E-state index contributed by atoms with van der Waals surface area (Å²) < 4.78 is 8.67. The van der Waals surface area contributed by atoms with Crippen molar-refractivity contribution in [2.75, 3.05) is 32.1 Å². The number of anilines is 1. The van der Waals surface area contributed by atoms with E-state index in [1.165, 1.54) is 0 Å². The second-order valence-electron chi connectivity index (χ2n) is 8.17. The van der Waals surface area contributed by atoms with Crippen molar-refractivity contribution in [1.82, 2.24) is 4.58 Å². The molecule has 0 saturated heterocycles. The maximum atomic E-state index is 12.0. The number of aromatic carboxylic acids is 1. The van der Waals surface area contributed by atoms with Gasteiger partial charge in [0.25, 0.3) is 0 Å². The van der Waals surface area contributed by atoms with Crippen molar-refractivity contribution in [2.45, 2.75) is 13.8 Å². The van der Waals surface area contributed by atoms with Crippen LogP contribution >= 0.6 is 0 Å². The standard InChI is InChI=1S/C28H28N2O3/c1-5-30(6-2)21-15-16-23-25(22-9-7-8-10-24(22)28(31)32)18-26(33-27(23)17-21)19-11-13-20(14-12-19)29(3)4/h7-18H,5-6H2,1-4H3/p+1. The van der Waals surface area contributed by atoms with Gasteiger partial charge in [0.2, 0.25) is 5.36 Å². The normalized spacial score (nSPS) is 10.9. The zero-order valence-corrected chi connectivity index (χ0v) is 19.5. The van der Waals surface area contributed by atoms with Crippen LogP contribution in [0, 0.1) is 0 Å². The average molecular weight is 442 g/mol. The van der Waals surface area contributed by atoms with Crippen LogP contribution in [-0.4, -0.2) is 38.3 Å². The number of carboxylic acid groups (broad SMARTS) is 1. The predicted octanol–water partition coefficient (Wildman–Crippen LogP) is 5.29. The van der Waals surface area contributed by atoms with Crippen molar-refractivity contribution in [1.29, 1.82) is 0 Å². The van der Waals surface area contributed by atoms with Gasteiger partial charge in [0.1, 0.15) is 24.6 Å². The van der Waals surface area contributed by atoms with Gasteiger partial charge in [-0.3, -0.25) is 0 Å². The highest BCUT2D eigenvalue weighted by Gasteiger charge is 2.20. The lowest BCUT2D eigenvalue weighted by atomic mass is 9.92. The number of hydrogen-bond acceptors (Lipinski definition) is 3. The van der Waals surface area contributed by atoms with Gasteiger partial charge < -0.3 is 14.4 Å². The van der Waals surface area contributed by atoms with Crippen molar-refractivity contribution in [3.8, 4) is 33.8 Å². The second-order valence-corrected chi connectivity index (χ2v) is 8.17. The number of carboxylic acids is 1. The Labute approximate surface area is 194 Å². The number of fused-ring (bicyclic) bond motifs is 1. The molecule has 0 atom stereocenters. The fraction of sp³-hybridized carbons (Fsp3) is 0.214. The third-order valence-corrected chi connectivity index (χ3v) is 6.00. The Kier molecular flexibility index (Phi) is 6.31. The Morgan fingerprint density at radius 1 is 0.848 bits per heavy atom. The van der Waals surface area contributed by atoms with E-state index in [9.17, 15) is 9.90 Å². The molecule has 0 aromatic heterocycles. The van der Waals surface area contributed by atoms with Gasteiger partial charge in [-0.2, -0.15) is 0 Å². The summed E-state index contributed by atoms with van der Waals surface area (Å²) in [4.78, 5) is 14.0. The van der Waals surface area contributed by atoms with Gasteiger partial charge in [-0.15, -0.1) is 0 Å². The Morgan fingerprint density at radius 2 is 1.55 bits per heavy atom. The molecule has 5 nitrogen and oxygen atoms in total. The lowest BCUT2D eigenvalue weighted by Gasteiger charge is -2.17. The van der Waals surface area contributed by atoms with Crippen LogP contribution in [0.25, 0.3) is 33.8 Å². The van der Waals surface area contributed by atoms with Crippen molar-refractivity contribution >= 4 is 11.7 Å². The minimum Gasteiger partial charge on any atom is -0.478 e. The summed E-state index contributed by atoms with van der Waals surface area (Å²) in [6.07, 6.45) is 0. The lowest BCUT2D eigenvalue weighted by molar-refractivity contribution is 0.0697. The Balaban J connectivity index is 2.02. The highest BCUT2D eigenvalue weighted by molar-refractivity contribution is 5.99. The molecule has 0 amide bonds. The SMILES string of the molecule is CC[N+](CC)=c1ccc2c(-c3ccccc3C(=O)O)cc(-c3ccc(N(C)C)cc3)oc-2c1. The molecule has 0 bridgehead atoms. The van der Waals surface area contributed by atoms with Crippen LogP contribution in [0.3, 0.4) is 0 Å².